The fourth-order valence-corrected chi connectivity index (χ4v) is 5.56. The lowest BCUT2D eigenvalue weighted by molar-refractivity contribution is -0.115. The molecule has 3 heterocycles. The maximum Gasteiger partial charge on any atom is 0.300 e. The van der Waals surface area contributed by atoms with Crippen molar-refractivity contribution in [1.29, 1.82) is 0 Å². The van der Waals surface area contributed by atoms with E-state index in [1.165, 1.54) is 5.56 Å². The van der Waals surface area contributed by atoms with Gasteiger partial charge in [-0.15, -0.1) is 0 Å². The lowest BCUT2D eigenvalue weighted by Crippen LogP contribution is -2.54. The first-order chi connectivity index (χ1) is 14.8. The highest BCUT2D eigenvalue weighted by Crippen LogP contribution is 2.54. The molecule has 0 bridgehead atoms. The summed E-state index contributed by atoms with van der Waals surface area (Å²) < 4.78 is 5.42. The number of anilines is 1. The Hall–Kier alpha value is -2.92. The number of amides is 1. The van der Waals surface area contributed by atoms with Crippen LogP contribution in [-0.4, -0.2) is 48.4 Å². The van der Waals surface area contributed by atoms with E-state index in [4.69, 9.17) is 4.74 Å². The van der Waals surface area contributed by atoms with Gasteiger partial charge in [0.2, 0.25) is 0 Å². The molecular formula is C26H28N2O3. The number of ether oxygens (including phenoxy) is 1. The van der Waals surface area contributed by atoms with Crippen molar-refractivity contribution in [3.05, 3.63) is 70.9 Å². The van der Waals surface area contributed by atoms with E-state index in [2.05, 4.69) is 56.0 Å². The highest BCUT2D eigenvalue weighted by molar-refractivity contribution is 6.53. The third-order valence-electron chi connectivity index (χ3n) is 6.97. The molecule has 0 unspecified atom stereocenters. The van der Waals surface area contributed by atoms with Gasteiger partial charge in [-0.05, 0) is 49.2 Å². The second-order valence-electron chi connectivity index (χ2n) is 9.55. The highest BCUT2D eigenvalue weighted by Gasteiger charge is 2.54. The largest absolute Gasteiger partial charge is 0.378 e. The van der Waals surface area contributed by atoms with Crippen molar-refractivity contribution < 1.29 is 14.3 Å². The van der Waals surface area contributed by atoms with E-state index in [1.54, 1.807) is 4.90 Å². The molecule has 0 N–H and O–H groups in total. The summed E-state index contributed by atoms with van der Waals surface area (Å²) in [5.41, 5.74) is 3.64. The Morgan fingerprint density at radius 1 is 0.968 bits per heavy atom. The van der Waals surface area contributed by atoms with Gasteiger partial charge >= 0.3 is 0 Å². The summed E-state index contributed by atoms with van der Waals surface area (Å²) in [4.78, 5) is 30.3. The zero-order chi connectivity index (χ0) is 21.8. The third kappa shape index (κ3) is 3.02. The number of hydrogen-bond acceptors (Lipinski definition) is 4. The summed E-state index contributed by atoms with van der Waals surface area (Å²) >= 11 is 0. The molecule has 0 radical (unpaired) electrons. The molecule has 31 heavy (non-hydrogen) atoms. The second kappa shape index (κ2) is 7.06. The minimum atomic E-state index is -0.470. The Morgan fingerprint density at radius 2 is 1.68 bits per heavy atom. The molecule has 5 rings (SSSR count). The Balaban J connectivity index is 1.68. The first kappa shape index (κ1) is 20.0. The predicted octanol–water partition coefficient (Wildman–Crippen LogP) is 4.01. The molecule has 2 aromatic rings. The van der Waals surface area contributed by atoms with Crippen molar-refractivity contribution in [1.82, 2.24) is 4.90 Å². The van der Waals surface area contributed by atoms with Gasteiger partial charge in [-0.3, -0.25) is 14.5 Å². The summed E-state index contributed by atoms with van der Waals surface area (Å²) in [5, 5.41) is 0. The van der Waals surface area contributed by atoms with E-state index in [-0.39, 0.29) is 5.41 Å². The van der Waals surface area contributed by atoms with Crippen molar-refractivity contribution in [2.75, 3.05) is 31.2 Å². The van der Waals surface area contributed by atoms with Crippen LogP contribution in [0.2, 0.25) is 0 Å². The molecular weight excluding hydrogens is 388 g/mol. The van der Waals surface area contributed by atoms with Crippen LogP contribution in [0.25, 0.3) is 6.08 Å². The second-order valence-corrected chi connectivity index (χ2v) is 9.55. The number of benzene rings is 2. The lowest BCUT2D eigenvalue weighted by Gasteiger charge is -2.49. The zero-order valence-corrected chi connectivity index (χ0v) is 18.4. The van der Waals surface area contributed by atoms with Gasteiger partial charge < -0.3 is 9.64 Å². The maximum atomic E-state index is 13.2. The number of carbonyl (C=O) groups is 2. The SMILES string of the molecule is CC1(C)C[C@](C)(c2ccccc2)c2ccc(/C=C/N3CCOCC3)c3c2N1C(=O)C3=O. The summed E-state index contributed by atoms with van der Waals surface area (Å²) in [5.74, 6) is -0.813. The van der Waals surface area contributed by atoms with Crippen LogP contribution in [0.5, 0.6) is 0 Å². The lowest BCUT2D eigenvalue weighted by atomic mass is 9.65. The van der Waals surface area contributed by atoms with E-state index in [1.807, 2.05) is 24.4 Å². The van der Waals surface area contributed by atoms with Gasteiger partial charge in [0.05, 0.1) is 24.5 Å². The van der Waals surface area contributed by atoms with Gasteiger partial charge in [-0.1, -0.05) is 49.4 Å². The number of carbonyl (C=O) groups excluding carboxylic acids is 2. The van der Waals surface area contributed by atoms with Crippen molar-refractivity contribution in [2.45, 2.75) is 38.1 Å². The molecule has 0 saturated carbocycles. The highest BCUT2D eigenvalue weighted by atomic mass is 16.5. The number of ketones is 1. The Morgan fingerprint density at radius 3 is 2.39 bits per heavy atom. The van der Waals surface area contributed by atoms with Crippen molar-refractivity contribution >= 4 is 23.5 Å². The minimum absolute atomic E-state index is 0.289. The Kier molecular flexibility index (Phi) is 4.56. The van der Waals surface area contributed by atoms with Gasteiger partial charge in [0.1, 0.15) is 0 Å². The number of Topliss-reactive ketones (excluding diaryl/α,β-unsaturated/α-hetero) is 1. The molecule has 5 heteroatoms. The van der Waals surface area contributed by atoms with Gasteiger partial charge in [0.15, 0.2) is 0 Å². The van der Waals surface area contributed by atoms with E-state index in [0.29, 0.717) is 18.8 Å². The molecule has 1 atom stereocenters. The smallest absolute Gasteiger partial charge is 0.300 e. The molecule has 3 aliphatic heterocycles. The monoisotopic (exact) mass is 416 g/mol. The molecule has 5 nitrogen and oxygen atoms in total. The summed E-state index contributed by atoms with van der Waals surface area (Å²) in [6, 6.07) is 14.5. The summed E-state index contributed by atoms with van der Waals surface area (Å²) in [7, 11) is 0. The molecule has 0 spiro atoms. The Labute approximate surface area is 183 Å². The molecule has 1 saturated heterocycles. The zero-order valence-electron chi connectivity index (χ0n) is 18.4. The molecule has 160 valence electrons. The minimum Gasteiger partial charge on any atom is -0.378 e. The predicted molar refractivity (Wildman–Crippen MR) is 121 cm³/mol. The topological polar surface area (TPSA) is 49.9 Å². The van der Waals surface area contributed by atoms with Gasteiger partial charge in [0.25, 0.3) is 11.7 Å². The summed E-state index contributed by atoms with van der Waals surface area (Å²) in [6.07, 6.45) is 4.74. The van der Waals surface area contributed by atoms with Crippen molar-refractivity contribution in [2.24, 2.45) is 0 Å². The number of rotatable bonds is 3. The van der Waals surface area contributed by atoms with Crippen LogP contribution in [0.15, 0.2) is 48.7 Å². The quantitative estimate of drug-likeness (QED) is 0.710. The number of hydrogen-bond donors (Lipinski definition) is 0. The van der Waals surface area contributed by atoms with Gasteiger partial charge in [-0.2, -0.15) is 0 Å². The van der Waals surface area contributed by atoms with Crippen LogP contribution in [0, 0.1) is 0 Å². The fraction of sp³-hybridized carbons (Fsp3) is 0.385. The average molecular weight is 417 g/mol. The summed E-state index contributed by atoms with van der Waals surface area (Å²) in [6.45, 7) is 9.42. The van der Waals surface area contributed by atoms with Crippen LogP contribution >= 0.6 is 0 Å². The molecule has 2 aromatic carbocycles. The van der Waals surface area contributed by atoms with Gasteiger partial charge in [0, 0.05) is 24.0 Å². The Bertz CT molecular complexity index is 1080. The maximum absolute atomic E-state index is 13.2. The molecule has 0 aliphatic carbocycles. The fourth-order valence-electron chi connectivity index (χ4n) is 5.56. The standard InChI is InChI=1S/C26H28N2O3/c1-25(2)17-26(3,19-7-5-4-6-8-19)20-10-9-18(11-12-27-13-15-31-16-14-27)21-22(20)28(25)24(30)23(21)29/h4-12H,13-17H2,1-3H3/b12-11+/t26-/m1/s1. The first-order valence-corrected chi connectivity index (χ1v) is 10.9. The van der Waals surface area contributed by atoms with E-state index >= 15 is 0 Å². The number of morpholine rings is 1. The average Bonchev–Trinajstić information content (AvgIpc) is 3.04. The van der Waals surface area contributed by atoms with E-state index in [0.717, 1.165) is 36.3 Å². The molecule has 0 aromatic heterocycles. The van der Waals surface area contributed by atoms with Crippen LogP contribution in [0.1, 0.15) is 54.2 Å². The van der Waals surface area contributed by atoms with Crippen molar-refractivity contribution in [3.8, 4) is 0 Å². The van der Waals surface area contributed by atoms with Crippen LogP contribution in [-0.2, 0) is 14.9 Å². The number of nitrogens with zero attached hydrogens (tertiary/aromatic N) is 2. The van der Waals surface area contributed by atoms with Gasteiger partial charge in [-0.25, -0.2) is 0 Å². The molecule has 1 amide bonds. The van der Waals surface area contributed by atoms with Crippen molar-refractivity contribution in [3.63, 3.8) is 0 Å². The third-order valence-corrected chi connectivity index (χ3v) is 6.97. The van der Waals surface area contributed by atoms with Crippen LogP contribution in [0.3, 0.4) is 0 Å². The van der Waals surface area contributed by atoms with E-state index in [9.17, 15) is 9.59 Å². The first-order valence-electron chi connectivity index (χ1n) is 10.9. The molecule has 3 aliphatic rings. The molecule has 1 fully saturated rings. The van der Waals surface area contributed by atoms with E-state index < -0.39 is 17.2 Å². The normalized spacial score (nSPS) is 24.7. The van der Waals surface area contributed by atoms with Crippen LogP contribution < -0.4 is 4.90 Å². The van der Waals surface area contributed by atoms with Crippen LogP contribution in [0.4, 0.5) is 5.69 Å².